The molecule has 1 aliphatic carbocycles. The summed E-state index contributed by atoms with van der Waals surface area (Å²) in [5.41, 5.74) is 6.11. The van der Waals surface area contributed by atoms with Gasteiger partial charge in [0.05, 0.1) is 0 Å². The van der Waals surface area contributed by atoms with Gasteiger partial charge in [-0.05, 0) is 54.3 Å². The summed E-state index contributed by atoms with van der Waals surface area (Å²) in [6.45, 7) is 2.25. The van der Waals surface area contributed by atoms with E-state index in [4.69, 9.17) is 0 Å². The Labute approximate surface area is 113 Å². The van der Waals surface area contributed by atoms with Crippen molar-refractivity contribution in [3.63, 3.8) is 0 Å². The zero-order valence-corrected chi connectivity index (χ0v) is 11.8. The maximum atomic E-state index is 2.29. The summed E-state index contributed by atoms with van der Waals surface area (Å²) in [5, 5.41) is 0. The lowest BCUT2D eigenvalue weighted by Gasteiger charge is -2.16. The van der Waals surface area contributed by atoms with Gasteiger partial charge in [-0.3, -0.25) is 0 Å². The number of benzene rings is 2. The Morgan fingerprint density at radius 3 is 2.56 bits per heavy atom. The van der Waals surface area contributed by atoms with Crippen molar-refractivity contribution in [3.05, 3.63) is 64.7 Å². The summed E-state index contributed by atoms with van der Waals surface area (Å²) >= 11 is 1.88. The van der Waals surface area contributed by atoms with Crippen LogP contribution in [0, 0.1) is 6.92 Å². The van der Waals surface area contributed by atoms with E-state index in [1.165, 1.54) is 28.9 Å². The van der Waals surface area contributed by atoms with Gasteiger partial charge in [0.2, 0.25) is 0 Å². The van der Waals surface area contributed by atoms with E-state index < -0.39 is 0 Å². The van der Waals surface area contributed by atoms with Crippen LogP contribution in [0.15, 0.2) is 47.4 Å². The number of fused-ring (bicyclic) bond motifs is 1. The molecule has 1 heteroatoms. The Morgan fingerprint density at radius 1 is 1.06 bits per heavy atom. The van der Waals surface area contributed by atoms with Crippen LogP contribution >= 0.6 is 11.8 Å². The summed E-state index contributed by atoms with van der Waals surface area (Å²) in [4.78, 5) is 1.46. The van der Waals surface area contributed by atoms with E-state index in [2.05, 4.69) is 55.6 Å². The predicted molar refractivity (Wildman–Crippen MR) is 79.6 cm³/mol. The van der Waals surface area contributed by atoms with Crippen LogP contribution in [0.2, 0.25) is 0 Å². The fourth-order valence-corrected chi connectivity index (χ4v) is 3.79. The molecule has 0 aromatic heterocycles. The third-order valence-electron chi connectivity index (χ3n) is 4.00. The van der Waals surface area contributed by atoms with Crippen LogP contribution < -0.4 is 0 Å². The normalized spacial score (nSPS) is 17.8. The fraction of sp³-hybridized carbons (Fsp3) is 0.294. The van der Waals surface area contributed by atoms with Crippen LogP contribution in [0.25, 0.3) is 0 Å². The lowest BCUT2D eigenvalue weighted by molar-refractivity contribution is 0.779. The van der Waals surface area contributed by atoms with Crippen LogP contribution in [0.1, 0.15) is 34.6 Å². The molecule has 0 aliphatic heterocycles. The molecule has 0 bridgehead atoms. The maximum absolute atomic E-state index is 2.29. The Hall–Kier alpha value is -1.21. The highest BCUT2D eigenvalue weighted by atomic mass is 32.2. The van der Waals surface area contributed by atoms with Crippen LogP contribution in [0.3, 0.4) is 0 Å². The summed E-state index contributed by atoms with van der Waals surface area (Å²) in [5.74, 6) is 0.601. The molecule has 0 amide bonds. The molecule has 92 valence electrons. The molecule has 0 radical (unpaired) electrons. The quantitative estimate of drug-likeness (QED) is 0.694. The summed E-state index contributed by atoms with van der Waals surface area (Å²) in [6.07, 6.45) is 4.68. The minimum absolute atomic E-state index is 0.601. The van der Waals surface area contributed by atoms with Gasteiger partial charge >= 0.3 is 0 Å². The van der Waals surface area contributed by atoms with Gasteiger partial charge < -0.3 is 0 Å². The van der Waals surface area contributed by atoms with Crippen molar-refractivity contribution in [1.29, 1.82) is 0 Å². The molecule has 0 nitrogen and oxygen atoms in total. The van der Waals surface area contributed by atoms with Gasteiger partial charge in [0.1, 0.15) is 0 Å². The second-order valence-corrected chi connectivity index (χ2v) is 5.83. The Bertz CT molecular complexity index is 557. The van der Waals surface area contributed by atoms with Crippen molar-refractivity contribution in [1.82, 2.24) is 0 Å². The molecule has 0 N–H and O–H groups in total. The zero-order chi connectivity index (χ0) is 12.5. The summed E-state index contributed by atoms with van der Waals surface area (Å²) in [7, 11) is 0. The van der Waals surface area contributed by atoms with Crippen LogP contribution in [-0.4, -0.2) is 6.26 Å². The predicted octanol–water partition coefficient (Wildman–Crippen LogP) is 4.80. The van der Waals surface area contributed by atoms with E-state index in [1.807, 2.05) is 11.8 Å². The number of hydrogen-bond donors (Lipinski definition) is 0. The lowest BCUT2D eigenvalue weighted by Crippen LogP contribution is -1.98. The van der Waals surface area contributed by atoms with Gasteiger partial charge in [-0.25, -0.2) is 0 Å². The first-order valence-electron chi connectivity index (χ1n) is 6.52. The molecule has 0 spiro atoms. The fourth-order valence-electron chi connectivity index (χ4n) is 3.10. The van der Waals surface area contributed by atoms with Gasteiger partial charge in [0.15, 0.2) is 0 Å². The Morgan fingerprint density at radius 2 is 1.83 bits per heavy atom. The van der Waals surface area contributed by atoms with Crippen LogP contribution in [-0.2, 0) is 6.42 Å². The molecule has 1 unspecified atom stereocenters. The maximum Gasteiger partial charge on any atom is 0.0110 e. The molecule has 1 atom stereocenters. The molecule has 2 aromatic carbocycles. The topological polar surface area (TPSA) is 0 Å². The largest absolute Gasteiger partial charge is 0.129 e. The first-order valence-corrected chi connectivity index (χ1v) is 7.75. The molecule has 18 heavy (non-hydrogen) atoms. The van der Waals surface area contributed by atoms with E-state index in [-0.39, 0.29) is 0 Å². The van der Waals surface area contributed by atoms with Crippen molar-refractivity contribution < 1.29 is 0 Å². The van der Waals surface area contributed by atoms with Gasteiger partial charge in [-0.15, -0.1) is 11.8 Å². The average molecular weight is 254 g/mol. The van der Waals surface area contributed by atoms with Crippen LogP contribution in [0.4, 0.5) is 0 Å². The third kappa shape index (κ3) is 1.87. The number of aryl methyl sites for hydroxylation is 1. The third-order valence-corrected chi connectivity index (χ3v) is 4.80. The summed E-state index contributed by atoms with van der Waals surface area (Å²) < 4.78 is 0. The van der Waals surface area contributed by atoms with E-state index in [0.29, 0.717) is 5.92 Å². The van der Waals surface area contributed by atoms with Crippen molar-refractivity contribution in [3.8, 4) is 0 Å². The molecule has 1 aliphatic rings. The second-order valence-electron chi connectivity index (χ2n) is 4.98. The van der Waals surface area contributed by atoms with E-state index in [0.717, 1.165) is 0 Å². The standard InChI is InChI=1S/C17H18S/c1-12-8-11-16(18-2)17-14(12)9-10-15(17)13-6-4-3-5-7-13/h3-8,11,15H,9-10H2,1-2H3. The summed E-state index contributed by atoms with van der Waals surface area (Å²) in [6, 6.07) is 15.5. The van der Waals surface area contributed by atoms with Gasteiger partial charge in [0.25, 0.3) is 0 Å². The molecule has 0 fully saturated rings. The minimum Gasteiger partial charge on any atom is -0.129 e. The average Bonchev–Trinajstić information content (AvgIpc) is 2.86. The Kier molecular flexibility index (Phi) is 3.17. The number of rotatable bonds is 2. The van der Waals surface area contributed by atoms with E-state index >= 15 is 0 Å². The SMILES string of the molecule is CSc1ccc(C)c2c1C(c1ccccc1)CC2. The van der Waals surface area contributed by atoms with Crippen molar-refractivity contribution in [2.75, 3.05) is 6.26 Å². The highest BCUT2D eigenvalue weighted by Crippen LogP contribution is 2.43. The smallest absolute Gasteiger partial charge is 0.0110 e. The molecule has 0 saturated carbocycles. The van der Waals surface area contributed by atoms with E-state index in [1.54, 1.807) is 11.1 Å². The van der Waals surface area contributed by atoms with Gasteiger partial charge in [-0.1, -0.05) is 36.4 Å². The molecule has 3 rings (SSSR count). The molecule has 0 heterocycles. The van der Waals surface area contributed by atoms with Crippen molar-refractivity contribution >= 4 is 11.8 Å². The monoisotopic (exact) mass is 254 g/mol. The van der Waals surface area contributed by atoms with E-state index in [9.17, 15) is 0 Å². The zero-order valence-electron chi connectivity index (χ0n) is 10.9. The van der Waals surface area contributed by atoms with Gasteiger partial charge in [-0.2, -0.15) is 0 Å². The highest BCUT2D eigenvalue weighted by Gasteiger charge is 2.27. The highest BCUT2D eigenvalue weighted by molar-refractivity contribution is 7.98. The number of hydrogen-bond acceptors (Lipinski definition) is 1. The first-order chi connectivity index (χ1) is 8.81. The van der Waals surface area contributed by atoms with Crippen LogP contribution in [0.5, 0.6) is 0 Å². The molecule has 2 aromatic rings. The van der Waals surface area contributed by atoms with Gasteiger partial charge in [0, 0.05) is 10.8 Å². The van der Waals surface area contributed by atoms with Crippen molar-refractivity contribution in [2.45, 2.75) is 30.6 Å². The van der Waals surface area contributed by atoms with Crippen molar-refractivity contribution in [2.24, 2.45) is 0 Å². The number of thioether (sulfide) groups is 1. The molecule has 0 saturated heterocycles. The molecular formula is C17H18S. The minimum atomic E-state index is 0.601. The lowest BCUT2D eigenvalue weighted by atomic mass is 9.92. The first kappa shape index (κ1) is 11.9. The Balaban J connectivity index is 2.13. The second kappa shape index (κ2) is 4.81. The molecular weight excluding hydrogens is 236 g/mol.